The van der Waals surface area contributed by atoms with Crippen LogP contribution in [0.25, 0.3) is 5.76 Å². The number of rotatable bonds is 2. The minimum Gasteiger partial charge on any atom is -0.508 e. The van der Waals surface area contributed by atoms with Crippen LogP contribution in [0.5, 0.6) is 5.75 Å². The quantitative estimate of drug-likeness (QED) is 0.347. The van der Waals surface area contributed by atoms with Gasteiger partial charge in [0.15, 0.2) is 11.4 Å². The van der Waals surface area contributed by atoms with Crippen LogP contribution in [0.4, 0.5) is 0 Å². The van der Waals surface area contributed by atoms with Gasteiger partial charge in [-0.2, -0.15) is 0 Å². The molecule has 0 heterocycles. The van der Waals surface area contributed by atoms with Gasteiger partial charge in [0.1, 0.15) is 22.8 Å². The predicted molar refractivity (Wildman–Crippen MR) is 113 cm³/mol. The van der Waals surface area contributed by atoms with E-state index in [-0.39, 0.29) is 36.1 Å². The van der Waals surface area contributed by atoms with Crippen LogP contribution in [0.2, 0.25) is 0 Å². The minimum atomic E-state index is -2.55. The minimum absolute atomic E-state index is 0.0560. The third-order valence-corrected chi connectivity index (χ3v) is 6.55. The first-order valence-electron chi connectivity index (χ1n) is 10.4. The summed E-state index contributed by atoms with van der Waals surface area (Å²) in [6, 6.07) is 3.02. The standard InChI is InChI=1S/C24H23NO7/c1-2-3-4-5-11-6-7-15(26)18-14(11)9-12-8-13-10-16(27)19(23(25)31)22(30)24(13,32)21(29)17(12)20(18)28/h6-7,12-13,26,28,30,32H,2-3,8-10H2,1H3,(H2,25,31). The number of carbonyl (C=O) groups is 3. The number of ketones is 2. The number of benzene rings is 1. The van der Waals surface area contributed by atoms with Crippen molar-refractivity contribution in [3.05, 3.63) is 45.7 Å². The maximum absolute atomic E-state index is 13.4. The highest BCUT2D eigenvalue weighted by atomic mass is 16.3. The topological polar surface area (TPSA) is 158 Å². The van der Waals surface area contributed by atoms with Gasteiger partial charge < -0.3 is 26.2 Å². The van der Waals surface area contributed by atoms with E-state index in [2.05, 4.69) is 11.8 Å². The molecule has 0 spiro atoms. The molecule has 3 aliphatic carbocycles. The Labute approximate surface area is 184 Å². The number of phenolic OH excluding ortho intramolecular Hbond substituents is 1. The Bertz CT molecular complexity index is 1200. The highest BCUT2D eigenvalue weighted by Gasteiger charge is 2.60. The smallest absolute Gasteiger partial charge is 0.255 e. The fourth-order valence-corrected chi connectivity index (χ4v) is 5.02. The van der Waals surface area contributed by atoms with E-state index in [0.29, 0.717) is 17.5 Å². The lowest BCUT2D eigenvalue weighted by atomic mass is 9.59. The number of hydrogen-bond donors (Lipinski definition) is 5. The van der Waals surface area contributed by atoms with Crippen LogP contribution < -0.4 is 5.73 Å². The van der Waals surface area contributed by atoms with Gasteiger partial charge in [0.05, 0.1) is 5.56 Å². The third-order valence-electron chi connectivity index (χ3n) is 6.55. The number of hydrogen-bond acceptors (Lipinski definition) is 7. The molecular weight excluding hydrogens is 414 g/mol. The van der Waals surface area contributed by atoms with Crippen molar-refractivity contribution in [2.45, 2.75) is 44.6 Å². The van der Waals surface area contributed by atoms with Crippen molar-refractivity contribution in [3.63, 3.8) is 0 Å². The van der Waals surface area contributed by atoms with Gasteiger partial charge >= 0.3 is 0 Å². The van der Waals surface area contributed by atoms with E-state index in [0.717, 1.165) is 6.42 Å². The lowest BCUT2D eigenvalue weighted by Gasteiger charge is -2.46. The zero-order valence-corrected chi connectivity index (χ0v) is 17.4. The van der Waals surface area contributed by atoms with Crippen molar-refractivity contribution in [1.29, 1.82) is 0 Å². The number of primary amides is 1. The van der Waals surface area contributed by atoms with Gasteiger partial charge in [0, 0.05) is 29.9 Å². The van der Waals surface area contributed by atoms with Crippen molar-refractivity contribution in [3.8, 4) is 17.6 Å². The van der Waals surface area contributed by atoms with E-state index >= 15 is 0 Å². The number of nitrogens with two attached hydrogens (primary N) is 1. The monoisotopic (exact) mass is 437 g/mol. The summed E-state index contributed by atoms with van der Waals surface area (Å²) in [6.07, 6.45) is 1.55. The summed E-state index contributed by atoms with van der Waals surface area (Å²) in [4.78, 5) is 37.4. The second-order valence-corrected chi connectivity index (χ2v) is 8.44. The number of aromatic hydroxyl groups is 1. The van der Waals surface area contributed by atoms with Crippen LogP contribution in [0.15, 0.2) is 29.0 Å². The average Bonchev–Trinajstić information content (AvgIpc) is 2.72. The van der Waals surface area contributed by atoms with Gasteiger partial charge in [-0.15, -0.1) is 0 Å². The Balaban J connectivity index is 1.90. The number of amides is 1. The van der Waals surface area contributed by atoms with Gasteiger partial charge in [-0.25, -0.2) is 0 Å². The van der Waals surface area contributed by atoms with Crippen LogP contribution in [-0.2, 0) is 20.8 Å². The predicted octanol–water partition coefficient (Wildman–Crippen LogP) is 1.58. The normalized spacial score (nSPS) is 26.7. The Kier molecular flexibility index (Phi) is 5.10. The molecule has 166 valence electrons. The Hall–Kier alpha value is -3.57. The summed E-state index contributed by atoms with van der Waals surface area (Å²) >= 11 is 0. The second-order valence-electron chi connectivity index (χ2n) is 8.44. The average molecular weight is 437 g/mol. The molecule has 1 saturated carbocycles. The zero-order valence-electron chi connectivity index (χ0n) is 17.4. The molecule has 8 nitrogen and oxygen atoms in total. The molecule has 1 aromatic rings. The van der Waals surface area contributed by atoms with Gasteiger partial charge in [-0.3, -0.25) is 14.4 Å². The van der Waals surface area contributed by atoms with E-state index in [1.807, 2.05) is 6.92 Å². The fourth-order valence-electron chi connectivity index (χ4n) is 5.02. The molecule has 0 aliphatic heterocycles. The molecule has 3 unspecified atom stereocenters. The second kappa shape index (κ2) is 7.53. The molecule has 1 aromatic carbocycles. The number of Topliss-reactive ketones (excluding diaryl/α,β-unsaturated/α-hetero) is 2. The molecule has 0 saturated heterocycles. The van der Waals surface area contributed by atoms with Gasteiger partial charge in [0.2, 0.25) is 5.78 Å². The summed E-state index contributed by atoms with van der Waals surface area (Å²) in [5.41, 5.74) is 2.92. The number of aliphatic hydroxyl groups is 3. The van der Waals surface area contributed by atoms with Gasteiger partial charge in [-0.1, -0.05) is 18.8 Å². The van der Waals surface area contributed by atoms with Crippen molar-refractivity contribution < 1.29 is 34.8 Å². The maximum atomic E-state index is 13.4. The van der Waals surface area contributed by atoms with Crippen LogP contribution in [0.3, 0.4) is 0 Å². The first kappa shape index (κ1) is 21.7. The maximum Gasteiger partial charge on any atom is 0.255 e. The number of unbranched alkanes of at least 4 members (excludes halogenated alkanes) is 1. The van der Waals surface area contributed by atoms with Gasteiger partial charge in [0.25, 0.3) is 5.91 Å². The number of phenols is 1. The molecule has 3 atom stereocenters. The lowest BCUT2D eigenvalue weighted by molar-refractivity contribution is -0.147. The number of fused-ring (bicyclic) bond motifs is 3. The SMILES string of the molecule is CCCC#Cc1ccc(O)c2c1CC1CC3CC(=O)C(C(N)=O)=C(O)C3(O)C(=O)C1=C2O. The summed E-state index contributed by atoms with van der Waals surface area (Å²) < 4.78 is 0. The van der Waals surface area contributed by atoms with Crippen LogP contribution in [0, 0.1) is 23.7 Å². The van der Waals surface area contributed by atoms with E-state index in [1.165, 1.54) is 6.07 Å². The molecule has 0 aromatic heterocycles. The molecule has 6 N–H and O–H groups in total. The summed E-state index contributed by atoms with van der Waals surface area (Å²) in [5, 5.41) is 43.2. The fraction of sp³-hybridized carbons (Fsp3) is 0.375. The highest BCUT2D eigenvalue weighted by molar-refractivity contribution is 6.22. The van der Waals surface area contributed by atoms with Crippen LogP contribution >= 0.6 is 0 Å². The Morgan fingerprint density at radius 3 is 2.59 bits per heavy atom. The molecule has 8 heteroatoms. The molecule has 4 rings (SSSR count). The first-order chi connectivity index (χ1) is 15.1. The molecule has 0 bridgehead atoms. The zero-order chi connectivity index (χ0) is 23.4. The third kappa shape index (κ3) is 2.93. The van der Waals surface area contributed by atoms with Crippen molar-refractivity contribution in [2.24, 2.45) is 17.6 Å². The molecule has 1 fully saturated rings. The van der Waals surface area contributed by atoms with Crippen LogP contribution in [-0.4, -0.2) is 43.5 Å². The Morgan fingerprint density at radius 2 is 1.94 bits per heavy atom. The highest BCUT2D eigenvalue weighted by Crippen LogP contribution is 2.52. The van der Waals surface area contributed by atoms with E-state index in [4.69, 9.17) is 5.73 Å². The largest absolute Gasteiger partial charge is 0.508 e. The first-order valence-corrected chi connectivity index (χ1v) is 10.4. The molecular formula is C24H23NO7. The van der Waals surface area contributed by atoms with Crippen molar-refractivity contribution >= 4 is 23.2 Å². The lowest BCUT2D eigenvalue weighted by Crippen LogP contribution is -2.58. The van der Waals surface area contributed by atoms with Crippen LogP contribution in [0.1, 0.15) is 49.3 Å². The van der Waals surface area contributed by atoms with Gasteiger partial charge in [-0.05, 0) is 42.9 Å². The van der Waals surface area contributed by atoms with Crippen molar-refractivity contribution in [2.75, 3.05) is 0 Å². The number of carbonyl (C=O) groups excluding carboxylic acids is 3. The van der Waals surface area contributed by atoms with E-state index in [9.17, 15) is 34.8 Å². The van der Waals surface area contributed by atoms with Crippen molar-refractivity contribution in [1.82, 2.24) is 0 Å². The summed E-state index contributed by atoms with van der Waals surface area (Å²) in [7, 11) is 0. The summed E-state index contributed by atoms with van der Waals surface area (Å²) in [6.45, 7) is 2.00. The van der Waals surface area contributed by atoms with E-state index < -0.39 is 52.0 Å². The number of aliphatic hydroxyl groups excluding tert-OH is 2. The molecule has 1 amide bonds. The molecule has 3 aliphatic rings. The molecule has 32 heavy (non-hydrogen) atoms. The summed E-state index contributed by atoms with van der Waals surface area (Å²) in [5.74, 6) is -0.299. The Morgan fingerprint density at radius 1 is 1.22 bits per heavy atom. The molecule has 0 radical (unpaired) electrons. The van der Waals surface area contributed by atoms with E-state index in [1.54, 1.807) is 6.07 Å².